The zero-order chi connectivity index (χ0) is 16.5. The van der Waals surface area contributed by atoms with Crippen LogP contribution < -0.4 is 0 Å². The van der Waals surface area contributed by atoms with Crippen LogP contribution in [0, 0.1) is 17.3 Å². The molecule has 1 spiro atoms. The Morgan fingerprint density at radius 3 is 2.57 bits per heavy atom. The van der Waals surface area contributed by atoms with Crippen molar-refractivity contribution in [3.63, 3.8) is 0 Å². The predicted octanol–water partition coefficient (Wildman–Crippen LogP) is 0.759. The van der Waals surface area contributed by atoms with Crippen LogP contribution in [0.1, 0.15) is 32.1 Å². The van der Waals surface area contributed by atoms with Gasteiger partial charge < -0.3 is 24.4 Å². The maximum Gasteiger partial charge on any atom is 0.318 e. The van der Waals surface area contributed by atoms with Gasteiger partial charge in [-0.05, 0) is 49.7 Å². The molecular weight excluding hydrogens is 300 g/mol. The normalized spacial score (nSPS) is 53.7. The van der Waals surface area contributed by atoms with Crippen molar-refractivity contribution in [2.24, 2.45) is 17.3 Å². The predicted molar refractivity (Wildman–Crippen MR) is 79.2 cm³/mol. The first-order valence-corrected chi connectivity index (χ1v) is 8.39. The maximum atomic E-state index is 12.7. The van der Waals surface area contributed by atoms with E-state index in [1.54, 1.807) is 6.08 Å². The number of aliphatic hydroxyl groups excluding tert-OH is 2. The summed E-state index contributed by atoms with van der Waals surface area (Å²) >= 11 is 0. The van der Waals surface area contributed by atoms with Gasteiger partial charge in [-0.15, -0.1) is 0 Å². The molecule has 2 bridgehead atoms. The largest absolute Gasteiger partial charge is 0.468 e. The summed E-state index contributed by atoms with van der Waals surface area (Å²) in [5, 5.41) is 21.2. The Bertz CT molecular complexity index is 561. The third kappa shape index (κ3) is 1.51. The Kier molecular flexibility index (Phi) is 3.24. The van der Waals surface area contributed by atoms with Gasteiger partial charge >= 0.3 is 5.97 Å². The Morgan fingerprint density at radius 2 is 1.87 bits per heavy atom. The van der Waals surface area contributed by atoms with Crippen molar-refractivity contribution in [3.05, 3.63) is 12.2 Å². The molecule has 4 rings (SSSR count). The fourth-order valence-electron chi connectivity index (χ4n) is 5.80. The smallest absolute Gasteiger partial charge is 0.318 e. The number of esters is 1. The molecule has 1 saturated heterocycles. The molecule has 2 saturated carbocycles. The van der Waals surface area contributed by atoms with E-state index in [9.17, 15) is 15.0 Å². The molecule has 2 N–H and O–H groups in total. The molecule has 2 aliphatic heterocycles. The summed E-state index contributed by atoms with van der Waals surface area (Å²) < 4.78 is 16.9. The van der Waals surface area contributed by atoms with Gasteiger partial charge in [0.05, 0.1) is 13.2 Å². The van der Waals surface area contributed by atoms with E-state index in [0.29, 0.717) is 12.8 Å². The van der Waals surface area contributed by atoms with Gasteiger partial charge in [-0.3, -0.25) is 4.79 Å². The van der Waals surface area contributed by atoms with Gasteiger partial charge in [-0.2, -0.15) is 0 Å². The molecule has 0 aromatic rings. The summed E-state index contributed by atoms with van der Waals surface area (Å²) in [5.41, 5.74) is -2.03. The van der Waals surface area contributed by atoms with Crippen molar-refractivity contribution in [2.45, 2.75) is 55.7 Å². The second kappa shape index (κ2) is 4.79. The van der Waals surface area contributed by atoms with E-state index in [1.807, 2.05) is 6.08 Å². The second-order valence-corrected chi connectivity index (χ2v) is 7.27. The average molecular weight is 324 g/mol. The zero-order valence-electron chi connectivity index (χ0n) is 13.5. The summed E-state index contributed by atoms with van der Waals surface area (Å²) in [4.78, 5) is 12.7. The van der Waals surface area contributed by atoms with Crippen LogP contribution in [0.5, 0.6) is 0 Å². The van der Waals surface area contributed by atoms with Crippen LogP contribution in [0.15, 0.2) is 12.2 Å². The molecule has 6 heteroatoms. The minimum atomic E-state index is -1.24. The van der Waals surface area contributed by atoms with Crippen molar-refractivity contribution in [1.29, 1.82) is 0 Å². The Hall–Kier alpha value is -0.950. The van der Waals surface area contributed by atoms with E-state index >= 15 is 0 Å². The Labute approximate surface area is 135 Å². The SMILES string of the molecule is COC(=O)[C@@]12[C@H](O)CC[C@@H]1[C@H]1CCC[C@H](O)[C@]3(OC)C=C[C@@]12O3. The molecule has 3 fully saturated rings. The van der Waals surface area contributed by atoms with Crippen molar-refractivity contribution >= 4 is 5.97 Å². The summed E-state index contributed by atoms with van der Waals surface area (Å²) in [7, 11) is 2.85. The lowest BCUT2D eigenvalue weighted by atomic mass is 9.43. The maximum absolute atomic E-state index is 12.7. The topological polar surface area (TPSA) is 85.2 Å². The van der Waals surface area contributed by atoms with Crippen molar-refractivity contribution in [1.82, 2.24) is 0 Å². The number of methoxy groups -OCH3 is 2. The van der Waals surface area contributed by atoms with E-state index < -0.39 is 35.0 Å². The summed E-state index contributed by atoms with van der Waals surface area (Å²) in [6.45, 7) is 0. The quantitative estimate of drug-likeness (QED) is 0.576. The van der Waals surface area contributed by atoms with E-state index in [0.717, 1.165) is 19.3 Å². The highest BCUT2D eigenvalue weighted by Gasteiger charge is 2.83. The number of hydrogen-bond donors (Lipinski definition) is 2. The highest BCUT2D eigenvalue weighted by molar-refractivity contribution is 5.83. The highest BCUT2D eigenvalue weighted by Crippen LogP contribution is 2.73. The van der Waals surface area contributed by atoms with Crippen LogP contribution in [0.3, 0.4) is 0 Å². The molecule has 23 heavy (non-hydrogen) atoms. The first-order valence-electron chi connectivity index (χ1n) is 8.39. The molecule has 128 valence electrons. The number of fused-ring (bicyclic) bond motifs is 3. The number of carbonyl (C=O) groups is 1. The highest BCUT2D eigenvalue weighted by atomic mass is 16.7. The minimum absolute atomic E-state index is 0.0532. The fourth-order valence-corrected chi connectivity index (χ4v) is 5.80. The van der Waals surface area contributed by atoms with Crippen LogP contribution in [0.4, 0.5) is 0 Å². The van der Waals surface area contributed by atoms with E-state index in [4.69, 9.17) is 14.2 Å². The summed E-state index contributed by atoms with van der Waals surface area (Å²) in [5.74, 6) is -1.47. The first-order chi connectivity index (χ1) is 11.0. The lowest BCUT2D eigenvalue weighted by Crippen LogP contribution is -2.76. The van der Waals surface area contributed by atoms with Gasteiger partial charge in [0, 0.05) is 7.11 Å². The summed E-state index contributed by atoms with van der Waals surface area (Å²) in [6.07, 6.45) is 5.62. The van der Waals surface area contributed by atoms with E-state index in [-0.39, 0.29) is 11.8 Å². The van der Waals surface area contributed by atoms with Gasteiger partial charge in [-0.1, -0.05) is 6.42 Å². The standard InChI is InChI=1S/C17H24O6/c1-21-14(20)17-11(6-7-13(17)19)10-4-3-5-12(18)16(22-2)9-8-15(10,17)23-16/h8-13,18-19H,3-7H2,1-2H3/t10-,11-,12+,13-,15-,16+,17+/m1/s1. The molecule has 2 aliphatic carbocycles. The third-order valence-electron chi connectivity index (χ3n) is 6.74. The number of ether oxygens (including phenoxy) is 3. The third-order valence-corrected chi connectivity index (χ3v) is 6.74. The average Bonchev–Trinajstić information content (AvgIpc) is 3.10. The van der Waals surface area contributed by atoms with E-state index in [1.165, 1.54) is 14.2 Å². The number of aliphatic hydroxyl groups is 2. The van der Waals surface area contributed by atoms with Gasteiger partial charge in [0.2, 0.25) is 5.79 Å². The molecule has 0 radical (unpaired) electrons. The first kappa shape index (κ1) is 15.6. The van der Waals surface area contributed by atoms with Gasteiger partial charge in [-0.25, -0.2) is 0 Å². The molecule has 2 heterocycles. The molecular formula is C17H24O6. The lowest BCUT2D eigenvalue weighted by molar-refractivity contribution is -0.354. The Balaban J connectivity index is 1.84. The lowest BCUT2D eigenvalue weighted by Gasteiger charge is -2.64. The summed E-state index contributed by atoms with van der Waals surface area (Å²) in [6, 6.07) is 0. The molecule has 6 nitrogen and oxygen atoms in total. The molecule has 0 aromatic heterocycles. The van der Waals surface area contributed by atoms with Crippen LogP contribution in [-0.2, 0) is 19.0 Å². The van der Waals surface area contributed by atoms with Crippen molar-refractivity contribution in [2.75, 3.05) is 14.2 Å². The van der Waals surface area contributed by atoms with Crippen molar-refractivity contribution in [3.8, 4) is 0 Å². The molecule has 4 aliphatic rings. The number of carbonyl (C=O) groups excluding carboxylic acids is 1. The second-order valence-electron chi connectivity index (χ2n) is 7.27. The van der Waals surface area contributed by atoms with Gasteiger partial charge in [0.15, 0.2) is 0 Å². The minimum Gasteiger partial charge on any atom is -0.468 e. The molecule has 7 atom stereocenters. The zero-order valence-corrected chi connectivity index (χ0v) is 13.5. The van der Waals surface area contributed by atoms with Crippen LogP contribution in [0.2, 0.25) is 0 Å². The molecule has 0 aromatic carbocycles. The van der Waals surface area contributed by atoms with Gasteiger partial charge in [0.25, 0.3) is 0 Å². The molecule has 0 unspecified atom stereocenters. The Morgan fingerprint density at radius 1 is 1.09 bits per heavy atom. The van der Waals surface area contributed by atoms with Crippen LogP contribution in [-0.4, -0.2) is 54.0 Å². The number of hydrogen-bond acceptors (Lipinski definition) is 6. The van der Waals surface area contributed by atoms with Crippen LogP contribution >= 0.6 is 0 Å². The monoisotopic (exact) mass is 324 g/mol. The van der Waals surface area contributed by atoms with Crippen molar-refractivity contribution < 1.29 is 29.2 Å². The van der Waals surface area contributed by atoms with Crippen LogP contribution in [0.25, 0.3) is 0 Å². The van der Waals surface area contributed by atoms with Gasteiger partial charge in [0.1, 0.15) is 17.1 Å². The molecule has 0 amide bonds. The number of rotatable bonds is 2. The van der Waals surface area contributed by atoms with E-state index in [2.05, 4.69) is 0 Å². The fraction of sp³-hybridized carbons (Fsp3) is 0.824.